The Morgan fingerprint density at radius 1 is 1.18 bits per heavy atom. The topological polar surface area (TPSA) is 46.3 Å². The van der Waals surface area contributed by atoms with Crippen LogP contribution in [-0.4, -0.2) is 29.9 Å². The summed E-state index contributed by atoms with van der Waals surface area (Å²) in [5, 5.41) is 0. The monoisotopic (exact) mass is 334 g/mol. The van der Waals surface area contributed by atoms with Crippen LogP contribution in [0.15, 0.2) is 24.3 Å². The van der Waals surface area contributed by atoms with Crippen LogP contribution >= 0.6 is 12.4 Å². The SMILES string of the molecule is Cl.NC1CCC2CN(C(=O)c3ccccc3C(F)(F)F)CC12. The van der Waals surface area contributed by atoms with Gasteiger partial charge in [-0.05, 0) is 36.8 Å². The van der Waals surface area contributed by atoms with Crippen molar-refractivity contribution < 1.29 is 18.0 Å². The molecule has 0 aromatic heterocycles. The normalized spacial score (nSPS) is 27.5. The summed E-state index contributed by atoms with van der Waals surface area (Å²) in [4.78, 5) is 14.0. The molecule has 2 aliphatic rings. The number of halogens is 4. The second-order valence-corrected chi connectivity index (χ2v) is 5.92. The third kappa shape index (κ3) is 2.94. The average molecular weight is 335 g/mol. The molecular weight excluding hydrogens is 317 g/mol. The van der Waals surface area contributed by atoms with Crippen molar-refractivity contribution in [1.29, 1.82) is 0 Å². The van der Waals surface area contributed by atoms with Crippen molar-refractivity contribution in [2.24, 2.45) is 17.6 Å². The lowest BCUT2D eigenvalue weighted by molar-refractivity contribution is -0.138. The fourth-order valence-electron chi connectivity index (χ4n) is 3.56. The van der Waals surface area contributed by atoms with E-state index in [0.29, 0.717) is 19.0 Å². The smallest absolute Gasteiger partial charge is 0.338 e. The number of hydrogen-bond donors (Lipinski definition) is 1. The Hall–Kier alpha value is -1.27. The molecule has 22 heavy (non-hydrogen) atoms. The van der Waals surface area contributed by atoms with Gasteiger partial charge in [0.2, 0.25) is 0 Å². The van der Waals surface area contributed by atoms with Gasteiger partial charge in [-0.3, -0.25) is 4.79 Å². The highest BCUT2D eigenvalue weighted by Crippen LogP contribution is 2.39. The molecule has 3 rings (SSSR count). The van der Waals surface area contributed by atoms with Gasteiger partial charge in [-0.1, -0.05) is 12.1 Å². The summed E-state index contributed by atoms with van der Waals surface area (Å²) in [5.74, 6) is 0.0264. The molecule has 1 aliphatic heterocycles. The number of fused-ring (bicyclic) bond motifs is 1. The molecule has 7 heteroatoms. The Balaban J connectivity index is 0.00000176. The van der Waals surface area contributed by atoms with Crippen LogP contribution in [0.2, 0.25) is 0 Å². The van der Waals surface area contributed by atoms with E-state index in [1.54, 1.807) is 0 Å². The van der Waals surface area contributed by atoms with Gasteiger partial charge in [-0.15, -0.1) is 12.4 Å². The first-order chi connectivity index (χ1) is 9.88. The fraction of sp³-hybridized carbons (Fsp3) is 0.533. The third-order valence-electron chi connectivity index (χ3n) is 4.66. The minimum absolute atomic E-state index is 0. The lowest BCUT2D eigenvalue weighted by Gasteiger charge is -2.21. The molecule has 122 valence electrons. The summed E-state index contributed by atoms with van der Waals surface area (Å²) >= 11 is 0. The van der Waals surface area contributed by atoms with Crippen molar-refractivity contribution in [3.63, 3.8) is 0 Å². The number of rotatable bonds is 1. The molecule has 1 aliphatic carbocycles. The van der Waals surface area contributed by atoms with Crippen molar-refractivity contribution in [1.82, 2.24) is 4.90 Å². The Bertz CT molecular complexity index is 564. The minimum atomic E-state index is -4.52. The molecule has 3 atom stereocenters. The van der Waals surface area contributed by atoms with Crippen LogP contribution < -0.4 is 5.73 Å². The van der Waals surface area contributed by atoms with Crippen LogP contribution in [0.3, 0.4) is 0 Å². The molecule has 1 amide bonds. The van der Waals surface area contributed by atoms with E-state index in [-0.39, 0.29) is 29.9 Å². The number of carbonyl (C=O) groups excluding carboxylic acids is 1. The van der Waals surface area contributed by atoms with E-state index < -0.39 is 17.6 Å². The summed E-state index contributed by atoms with van der Waals surface area (Å²) in [5.41, 5.74) is 4.87. The standard InChI is InChI=1S/C15H17F3N2O.ClH/c16-15(17,18)12-4-2-1-3-10(12)14(21)20-7-9-5-6-13(19)11(9)8-20;/h1-4,9,11,13H,5-8,19H2;1H. The Morgan fingerprint density at radius 3 is 2.50 bits per heavy atom. The molecule has 1 aromatic rings. The zero-order valence-corrected chi connectivity index (χ0v) is 12.7. The molecule has 1 saturated heterocycles. The predicted octanol–water partition coefficient (Wildman–Crippen LogP) is 2.94. The van der Waals surface area contributed by atoms with E-state index in [1.165, 1.54) is 23.1 Å². The minimum Gasteiger partial charge on any atom is -0.338 e. The molecule has 0 radical (unpaired) electrons. The van der Waals surface area contributed by atoms with Crippen molar-refractivity contribution in [3.05, 3.63) is 35.4 Å². The van der Waals surface area contributed by atoms with Gasteiger partial charge in [-0.2, -0.15) is 13.2 Å². The molecule has 3 unspecified atom stereocenters. The van der Waals surface area contributed by atoms with Crippen LogP contribution in [-0.2, 0) is 6.18 Å². The number of hydrogen-bond acceptors (Lipinski definition) is 2. The highest BCUT2D eigenvalue weighted by molar-refractivity contribution is 5.96. The van der Waals surface area contributed by atoms with Crippen LogP contribution in [0, 0.1) is 11.8 Å². The summed E-state index contributed by atoms with van der Waals surface area (Å²) in [7, 11) is 0. The second kappa shape index (κ2) is 6.08. The lowest BCUT2D eigenvalue weighted by atomic mass is 9.98. The van der Waals surface area contributed by atoms with Crippen LogP contribution in [0.1, 0.15) is 28.8 Å². The van der Waals surface area contributed by atoms with E-state index in [0.717, 1.165) is 18.9 Å². The van der Waals surface area contributed by atoms with Gasteiger partial charge in [0.25, 0.3) is 5.91 Å². The van der Waals surface area contributed by atoms with Gasteiger partial charge >= 0.3 is 6.18 Å². The Morgan fingerprint density at radius 2 is 1.86 bits per heavy atom. The number of carbonyl (C=O) groups is 1. The number of nitrogens with two attached hydrogens (primary N) is 1. The first-order valence-corrected chi connectivity index (χ1v) is 7.09. The molecule has 1 saturated carbocycles. The van der Waals surface area contributed by atoms with E-state index in [2.05, 4.69) is 0 Å². The maximum atomic E-state index is 13.0. The average Bonchev–Trinajstić information content (AvgIpc) is 3.00. The largest absolute Gasteiger partial charge is 0.417 e. The van der Waals surface area contributed by atoms with Gasteiger partial charge in [0, 0.05) is 19.1 Å². The highest BCUT2D eigenvalue weighted by Gasteiger charge is 2.44. The van der Waals surface area contributed by atoms with E-state index in [9.17, 15) is 18.0 Å². The molecule has 1 heterocycles. The summed E-state index contributed by atoms with van der Waals surface area (Å²) in [6.07, 6.45) is -2.62. The first-order valence-electron chi connectivity index (χ1n) is 7.09. The van der Waals surface area contributed by atoms with Crippen LogP contribution in [0.5, 0.6) is 0 Å². The predicted molar refractivity (Wildman–Crippen MR) is 78.8 cm³/mol. The van der Waals surface area contributed by atoms with Crippen molar-refractivity contribution in [2.75, 3.05) is 13.1 Å². The van der Waals surface area contributed by atoms with Gasteiger partial charge in [-0.25, -0.2) is 0 Å². The van der Waals surface area contributed by atoms with Crippen molar-refractivity contribution in [2.45, 2.75) is 25.1 Å². The second-order valence-electron chi connectivity index (χ2n) is 5.92. The molecular formula is C15H18ClF3N2O. The number of benzene rings is 1. The number of amides is 1. The first kappa shape index (κ1) is 17.1. The quantitative estimate of drug-likeness (QED) is 0.858. The molecule has 3 nitrogen and oxygen atoms in total. The summed E-state index contributed by atoms with van der Waals surface area (Å²) < 4.78 is 39.0. The Labute approximate surface area is 133 Å². The number of nitrogens with zero attached hydrogens (tertiary/aromatic N) is 1. The summed E-state index contributed by atoms with van der Waals surface area (Å²) in [6.45, 7) is 0.986. The van der Waals surface area contributed by atoms with Gasteiger partial charge in [0.15, 0.2) is 0 Å². The molecule has 0 bridgehead atoms. The van der Waals surface area contributed by atoms with E-state index in [4.69, 9.17) is 5.73 Å². The number of likely N-dealkylation sites (tertiary alicyclic amines) is 1. The van der Waals surface area contributed by atoms with Crippen molar-refractivity contribution >= 4 is 18.3 Å². The van der Waals surface area contributed by atoms with E-state index in [1.807, 2.05) is 0 Å². The van der Waals surface area contributed by atoms with E-state index >= 15 is 0 Å². The van der Waals surface area contributed by atoms with Crippen molar-refractivity contribution in [3.8, 4) is 0 Å². The fourth-order valence-corrected chi connectivity index (χ4v) is 3.56. The highest BCUT2D eigenvalue weighted by atomic mass is 35.5. The van der Waals surface area contributed by atoms with Gasteiger partial charge < -0.3 is 10.6 Å². The van der Waals surface area contributed by atoms with Gasteiger partial charge in [0.05, 0.1) is 11.1 Å². The molecule has 2 N–H and O–H groups in total. The van der Waals surface area contributed by atoms with Crippen LogP contribution in [0.4, 0.5) is 13.2 Å². The van der Waals surface area contributed by atoms with Gasteiger partial charge in [0.1, 0.15) is 0 Å². The summed E-state index contributed by atoms with van der Waals surface area (Å²) in [6, 6.07) is 5.03. The molecule has 2 fully saturated rings. The zero-order valence-electron chi connectivity index (χ0n) is 11.8. The van der Waals surface area contributed by atoms with Crippen LogP contribution in [0.25, 0.3) is 0 Å². The maximum Gasteiger partial charge on any atom is 0.417 e. The molecule has 1 aromatic carbocycles. The number of alkyl halides is 3. The maximum absolute atomic E-state index is 13.0. The lowest BCUT2D eigenvalue weighted by Crippen LogP contribution is -2.34. The zero-order chi connectivity index (χ0) is 15.2. The third-order valence-corrected chi connectivity index (χ3v) is 4.66. The molecule has 0 spiro atoms. The Kier molecular flexibility index (Phi) is 4.73.